The third-order valence-electron chi connectivity index (χ3n) is 4.28. The maximum absolute atomic E-state index is 12.2. The Morgan fingerprint density at radius 2 is 1.73 bits per heavy atom. The molecular formula is C22H20O8. The first-order valence-electron chi connectivity index (χ1n) is 8.85. The van der Waals surface area contributed by atoms with E-state index in [0.29, 0.717) is 33.8 Å². The monoisotopic (exact) mass is 412 g/mol. The maximum atomic E-state index is 12.2. The lowest BCUT2D eigenvalue weighted by molar-refractivity contribution is -0.138. The lowest BCUT2D eigenvalue weighted by Gasteiger charge is -2.12. The number of carbonyl (C=O) groups excluding carboxylic acids is 1. The Labute approximate surface area is 171 Å². The predicted octanol–water partition coefficient (Wildman–Crippen LogP) is 3.28. The first kappa shape index (κ1) is 20.8. The van der Waals surface area contributed by atoms with Gasteiger partial charge in [0.1, 0.15) is 17.9 Å². The topological polar surface area (TPSA) is 104 Å². The molecule has 0 fully saturated rings. The minimum Gasteiger partial charge on any atom is -0.508 e. The molecule has 1 N–H and O–H groups in total. The number of hydrogen-bond donors (Lipinski definition) is 1. The Kier molecular flexibility index (Phi) is 6.26. The molecule has 0 bridgehead atoms. The van der Waals surface area contributed by atoms with E-state index in [1.165, 1.54) is 45.6 Å². The van der Waals surface area contributed by atoms with Gasteiger partial charge < -0.3 is 28.5 Å². The number of carbonyl (C=O) groups is 1. The Hall–Kier alpha value is -3.94. The molecule has 0 saturated heterocycles. The molecule has 0 amide bonds. The van der Waals surface area contributed by atoms with Crippen LogP contribution in [0.1, 0.15) is 11.1 Å². The summed E-state index contributed by atoms with van der Waals surface area (Å²) < 4.78 is 26.1. The van der Waals surface area contributed by atoms with Crippen LogP contribution in [0.4, 0.5) is 0 Å². The Morgan fingerprint density at radius 1 is 1.03 bits per heavy atom. The van der Waals surface area contributed by atoms with Crippen molar-refractivity contribution in [2.24, 2.45) is 0 Å². The zero-order valence-corrected chi connectivity index (χ0v) is 16.6. The van der Waals surface area contributed by atoms with Gasteiger partial charge in [-0.2, -0.15) is 0 Å². The SMILES string of the molecule is COc1cc(/C=C/C(=O)OCc2cc(=O)oc3cc(O)ccc23)cc(OC)c1OC. The van der Waals surface area contributed by atoms with Crippen LogP contribution in [-0.4, -0.2) is 32.4 Å². The van der Waals surface area contributed by atoms with E-state index >= 15 is 0 Å². The molecule has 8 nitrogen and oxygen atoms in total. The minimum absolute atomic E-state index is 0.0342. The lowest BCUT2D eigenvalue weighted by atomic mass is 10.1. The van der Waals surface area contributed by atoms with Crippen molar-refractivity contribution in [1.29, 1.82) is 0 Å². The van der Waals surface area contributed by atoms with Crippen LogP contribution in [0.2, 0.25) is 0 Å². The highest BCUT2D eigenvalue weighted by Crippen LogP contribution is 2.38. The molecule has 0 saturated carbocycles. The molecule has 156 valence electrons. The van der Waals surface area contributed by atoms with Crippen LogP contribution in [0.3, 0.4) is 0 Å². The molecule has 8 heteroatoms. The number of rotatable bonds is 7. The van der Waals surface area contributed by atoms with Crippen molar-refractivity contribution in [2.75, 3.05) is 21.3 Å². The third-order valence-corrected chi connectivity index (χ3v) is 4.28. The fourth-order valence-corrected chi connectivity index (χ4v) is 2.90. The summed E-state index contributed by atoms with van der Waals surface area (Å²) in [7, 11) is 4.50. The molecule has 0 spiro atoms. The average Bonchev–Trinajstić information content (AvgIpc) is 2.74. The zero-order chi connectivity index (χ0) is 21.7. The van der Waals surface area contributed by atoms with Gasteiger partial charge in [0.15, 0.2) is 11.5 Å². The number of aromatic hydroxyl groups is 1. The highest BCUT2D eigenvalue weighted by Gasteiger charge is 2.13. The van der Waals surface area contributed by atoms with E-state index in [0.717, 1.165) is 0 Å². The highest BCUT2D eigenvalue weighted by molar-refractivity contribution is 5.88. The quantitative estimate of drug-likeness (QED) is 0.358. The molecule has 0 aliphatic heterocycles. The Morgan fingerprint density at radius 3 is 2.37 bits per heavy atom. The smallest absolute Gasteiger partial charge is 0.336 e. The number of methoxy groups -OCH3 is 3. The Bertz CT molecular complexity index is 1130. The standard InChI is InChI=1S/C22H20O8/c1-26-18-8-13(9-19(27-2)22(18)28-3)4-7-20(24)29-12-14-10-21(25)30-17-11-15(23)5-6-16(14)17/h4-11,23H,12H2,1-3H3/b7-4+. The Balaban J connectivity index is 1.76. The molecule has 1 aromatic heterocycles. The zero-order valence-electron chi connectivity index (χ0n) is 16.6. The number of phenols is 1. The first-order valence-corrected chi connectivity index (χ1v) is 8.85. The second-order valence-corrected chi connectivity index (χ2v) is 6.17. The summed E-state index contributed by atoms with van der Waals surface area (Å²) in [4.78, 5) is 23.9. The maximum Gasteiger partial charge on any atom is 0.336 e. The van der Waals surface area contributed by atoms with Crippen molar-refractivity contribution < 1.29 is 33.3 Å². The minimum atomic E-state index is -0.607. The summed E-state index contributed by atoms with van der Waals surface area (Å²) in [5.41, 5.74) is 0.715. The second-order valence-electron chi connectivity index (χ2n) is 6.17. The van der Waals surface area contributed by atoms with Gasteiger partial charge in [-0.25, -0.2) is 9.59 Å². The van der Waals surface area contributed by atoms with Gasteiger partial charge in [-0.3, -0.25) is 0 Å². The van der Waals surface area contributed by atoms with Gasteiger partial charge >= 0.3 is 11.6 Å². The van der Waals surface area contributed by atoms with Crippen LogP contribution >= 0.6 is 0 Å². The van der Waals surface area contributed by atoms with Crippen molar-refractivity contribution in [2.45, 2.75) is 6.61 Å². The first-order chi connectivity index (χ1) is 14.4. The molecule has 3 aromatic rings. The van der Waals surface area contributed by atoms with Gasteiger partial charge in [0.05, 0.1) is 21.3 Å². The van der Waals surface area contributed by atoms with Crippen molar-refractivity contribution in [3.63, 3.8) is 0 Å². The number of fused-ring (bicyclic) bond motifs is 1. The van der Waals surface area contributed by atoms with Crippen LogP contribution in [0.5, 0.6) is 23.0 Å². The number of phenolic OH excluding ortho intramolecular Hbond substituents is 1. The summed E-state index contributed by atoms with van der Waals surface area (Å²) in [6, 6.07) is 8.99. The molecule has 0 radical (unpaired) electrons. The van der Waals surface area contributed by atoms with Crippen molar-refractivity contribution >= 4 is 23.0 Å². The molecule has 0 atom stereocenters. The van der Waals surface area contributed by atoms with Gasteiger partial charge in [0.2, 0.25) is 5.75 Å². The summed E-state index contributed by atoms with van der Waals surface area (Å²) in [5.74, 6) is 0.712. The van der Waals surface area contributed by atoms with Gasteiger partial charge in [0, 0.05) is 29.2 Å². The average molecular weight is 412 g/mol. The van der Waals surface area contributed by atoms with Crippen molar-refractivity contribution in [3.8, 4) is 23.0 Å². The van der Waals surface area contributed by atoms with Gasteiger partial charge in [0.25, 0.3) is 0 Å². The fourth-order valence-electron chi connectivity index (χ4n) is 2.90. The van der Waals surface area contributed by atoms with Crippen LogP contribution in [0.15, 0.2) is 51.7 Å². The molecule has 2 aromatic carbocycles. The number of esters is 1. The number of hydrogen-bond acceptors (Lipinski definition) is 8. The fraction of sp³-hybridized carbons (Fsp3) is 0.182. The molecule has 0 aliphatic rings. The predicted molar refractivity (Wildman–Crippen MR) is 109 cm³/mol. The lowest BCUT2D eigenvalue weighted by Crippen LogP contribution is -2.05. The number of benzene rings is 2. The van der Waals surface area contributed by atoms with E-state index in [4.69, 9.17) is 23.4 Å². The molecule has 3 rings (SSSR count). The molecular weight excluding hydrogens is 392 g/mol. The van der Waals surface area contributed by atoms with Crippen molar-refractivity contribution in [3.05, 3.63) is 64.0 Å². The summed E-state index contributed by atoms with van der Waals surface area (Å²) in [5, 5.41) is 10.1. The molecule has 0 unspecified atom stereocenters. The van der Waals surface area contributed by atoms with Crippen LogP contribution < -0.4 is 19.8 Å². The van der Waals surface area contributed by atoms with Crippen molar-refractivity contribution in [1.82, 2.24) is 0 Å². The van der Waals surface area contributed by atoms with Gasteiger partial charge in [-0.1, -0.05) is 0 Å². The van der Waals surface area contributed by atoms with E-state index in [2.05, 4.69) is 0 Å². The van der Waals surface area contributed by atoms with E-state index < -0.39 is 11.6 Å². The van der Waals surface area contributed by atoms with E-state index in [1.54, 1.807) is 24.3 Å². The largest absolute Gasteiger partial charge is 0.508 e. The van der Waals surface area contributed by atoms with E-state index in [1.807, 2.05) is 0 Å². The van der Waals surface area contributed by atoms with Gasteiger partial charge in [-0.15, -0.1) is 0 Å². The van der Waals surface area contributed by atoms with Crippen LogP contribution in [-0.2, 0) is 16.1 Å². The highest BCUT2D eigenvalue weighted by atomic mass is 16.5. The normalized spacial score (nSPS) is 10.9. The number of ether oxygens (including phenoxy) is 4. The van der Waals surface area contributed by atoms with Crippen LogP contribution in [0.25, 0.3) is 17.0 Å². The summed E-state index contributed by atoms with van der Waals surface area (Å²) in [6.07, 6.45) is 2.79. The van der Waals surface area contributed by atoms with Gasteiger partial charge in [-0.05, 0) is 35.9 Å². The second kappa shape index (κ2) is 9.04. The summed E-state index contributed by atoms with van der Waals surface area (Å²) in [6.45, 7) is -0.134. The van der Waals surface area contributed by atoms with E-state index in [9.17, 15) is 14.7 Å². The summed E-state index contributed by atoms with van der Waals surface area (Å²) >= 11 is 0. The molecule has 1 heterocycles. The third kappa shape index (κ3) is 4.54. The molecule has 30 heavy (non-hydrogen) atoms. The van der Waals surface area contributed by atoms with E-state index in [-0.39, 0.29) is 17.9 Å². The molecule has 0 aliphatic carbocycles. The van der Waals surface area contributed by atoms with Crippen LogP contribution in [0, 0.1) is 0 Å².